The first-order chi connectivity index (χ1) is 8.54. The van der Waals surface area contributed by atoms with E-state index in [2.05, 4.69) is 0 Å². The molecule has 0 heterocycles. The lowest BCUT2D eigenvalue weighted by atomic mass is 10.0. The smallest absolute Gasteiger partial charge is 0.337 e. The van der Waals surface area contributed by atoms with Crippen LogP contribution in [0.3, 0.4) is 0 Å². The lowest BCUT2D eigenvalue weighted by Gasteiger charge is -2.16. The first-order valence-corrected chi connectivity index (χ1v) is 5.19. The predicted octanol–water partition coefficient (Wildman–Crippen LogP) is 0.968. The number of aliphatic hydroxyl groups excluding tert-OH is 1. The molecule has 1 unspecified atom stereocenters. The molecule has 1 aromatic carbocycles. The number of hydrogen-bond acceptors (Lipinski definition) is 5. The first kappa shape index (κ1) is 14.3. The summed E-state index contributed by atoms with van der Waals surface area (Å²) in [5.74, 6) is -0.585. The van der Waals surface area contributed by atoms with Crippen molar-refractivity contribution in [3.05, 3.63) is 23.3 Å². The Kier molecular flexibility index (Phi) is 4.94. The van der Waals surface area contributed by atoms with Gasteiger partial charge in [-0.05, 0) is 6.07 Å². The van der Waals surface area contributed by atoms with Crippen molar-refractivity contribution >= 4 is 5.97 Å². The summed E-state index contributed by atoms with van der Waals surface area (Å²) < 4.78 is 15.2. The van der Waals surface area contributed by atoms with E-state index in [1.807, 2.05) is 0 Å². The van der Waals surface area contributed by atoms with Crippen molar-refractivity contribution in [3.8, 4) is 11.5 Å². The molecule has 2 N–H and O–H groups in total. The fourth-order valence-corrected chi connectivity index (χ4v) is 1.61. The highest BCUT2D eigenvalue weighted by atomic mass is 16.5. The molecule has 0 aromatic heterocycles. The molecule has 0 aliphatic rings. The van der Waals surface area contributed by atoms with Crippen LogP contribution in [0.2, 0.25) is 0 Å². The van der Waals surface area contributed by atoms with Gasteiger partial charge < -0.3 is 24.4 Å². The van der Waals surface area contributed by atoms with Gasteiger partial charge in [-0.1, -0.05) is 0 Å². The Balaban J connectivity index is 3.31. The zero-order chi connectivity index (χ0) is 13.7. The second-order valence-corrected chi connectivity index (χ2v) is 3.58. The Bertz CT molecular complexity index is 429. The minimum Gasteiger partial charge on any atom is -0.496 e. The highest BCUT2D eigenvalue weighted by Crippen LogP contribution is 2.33. The van der Waals surface area contributed by atoms with Gasteiger partial charge in [0, 0.05) is 24.3 Å². The number of rotatable bonds is 6. The molecule has 0 aliphatic carbocycles. The zero-order valence-corrected chi connectivity index (χ0v) is 10.5. The van der Waals surface area contributed by atoms with Crippen LogP contribution in [0.25, 0.3) is 0 Å². The molecule has 1 rings (SSSR count). The topological polar surface area (TPSA) is 85.2 Å². The SMILES string of the molecule is COCc1cc(C(O)C(=O)O)c(OC)cc1OC. The molecule has 6 nitrogen and oxygen atoms in total. The molecule has 0 aliphatic heterocycles. The summed E-state index contributed by atoms with van der Waals surface area (Å²) in [6.07, 6.45) is -1.65. The Morgan fingerprint density at radius 2 is 1.83 bits per heavy atom. The molecule has 0 spiro atoms. The summed E-state index contributed by atoms with van der Waals surface area (Å²) in [5, 5.41) is 18.4. The normalized spacial score (nSPS) is 12.0. The average molecular weight is 256 g/mol. The number of aliphatic carboxylic acids is 1. The van der Waals surface area contributed by atoms with E-state index in [0.717, 1.165) is 0 Å². The maximum absolute atomic E-state index is 10.8. The number of carboxylic acid groups (broad SMARTS) is 1. The van der Waals surface area contributed by atoms with Crippen molar-refractivity contribution in [2.24, 2.45) is 0 Å². The highest BCUT2D eigenvalue weighted by molar-refractivity contribution is 5.75. The maximum Gasteiger partial charge on any atom is 0.337 e. The van der Waals surface area contributed by atoms with E-state index in [-0.39, 0.29) is 17.9 Å². The number of hydrogen-bond donors (Lipinski definition) is 2. The van der Waals surface area contributed by atoms with Crippen LogP contribution in [0.1, 0.15) is 17.2 Å². The molecule has 0 amide bonds. The fraction of sp³-hybridized carbons (Fsp3) is 0.417. The van der Waals surface area contributed by atoms with Gasteiger partial charge in [-0.3, -0.25) is 0 Å². The third-order valence-electron chi connectivity index (χ3n) is 2.46. The summed E-state index contributed by atoms with van der Waals surface area (Å²) in [6.45, 7) is 0.243. The second-order valence-electron chi connectivity index (χ2n) is 3.58. The van der Waals surface area contributed by atoms with E-state index >= 15 is 0 Å². The quantitative estimate of drug-likeness (QED) is 0.788. The summed E-state index contributed by atoms with van der Waals surface area (Å²) >= 11 is 0. The molecule has 1 atom stereocenters. The van der Waals surface area contributed by atoms with Crippen molar-refractivity contribution in [1.29, 1.82) is 0 Å². The van der Waals surface area contributed by atoms with Gasteiger partial charge in [0.05, 0.1) is 20.8 Å². The van der Waals surface area contributed by atoms with E-state index in [1.54, 1.807) is 0 Å². The van der Waals surface area contributed by atoms with Gasteiger partial charge >= 0.3 is 5.97 Å². The monoisotopic (exact) mass is 256 g/mol. The molecular weight excluding hydrogens is 240 g/mol. The maximum atomic E-state index is 10.8. The van der Waals surface area contributed by atoms with Crippen LogP contribution >= 0.6 is 0 Å². The number of ether oxygens (including phenoxy) is 3. The number of benzene rings is 1. The van der Waals surface area contributed by atoms with E-state index in [0.29, 0.717) is 11.3 Å². The van der Waals surface area contributed by atoms with Gasteiger partial charge in [0.1, 0.15) is 11.5 Å². The Hall–Kier alpha value is -1.79. The third kappa shape index (κ3) is 2.91. The standard InChI is InChI=1S/C12H16O6/c1-16-6-7-4-8(11(13)12(14)15)10(18-3)5-9(7)17-2/h4-5,11,13H,6H2,1-3H3,(H,14,15). The molecule has 0 saturated heterocycles. The lowest BCUT2D eigenvalue weighted by Crippen LogP contribution is -2.12. The van der Waals surface area contributed by atoms with E-state index in [1.165, 1.54) is 33.5 Å². The number of carboxylic acids is 1. The first-order valence-electron chi connectivity index (χ1n) is 5.19. The summed E-state index contributed by atoms with van der Waals surface area (Å²) in [7, 11) is 4.39. The molecule has 0 bridgehead atoms. The van der Waals surface area contributed by atoms with Crippen molar-refractivity contribution in [1.82, 2.24) is 0 Å². The van der Waals surface area contributed by atoms with Crippen LogP contribution in [0, 0.1) is 0 Å². The van der Waals surface area contributed by atoms with Gasteiger partial charge in [-0.15, -0.1) is 0 Å². The lowest BCUT2D eigenvalue weighted by molar-refractivity contribution is -0.147. The molecule has 6 heteroatoms. The molecule has 18 heavy (non-hydrogen) atoms. The van der Waals surface area contributed by atoms with Crippen molar-refractivity contribution in [3.63, 3.8) is 0 Å². The van der Waals surface area contributed by atoms with Gasteiger partial charge in [0.15, 0.2) is 6.10 Å². The second kappa shape index (κ2) is 6.23. The van der Waals surface area contributed by atoms with Crippen molar-refractivity contribution in [2.45, 2.75) is 12.7 Å². The Morgan fingerprint density at radius 1 is 1.22 bits per heavy atom. The summed E-state index contributed by atoms with van der Waals surface area (Å²) in [4.78, 5) is 10.8. The van der Waals surface area contributed by atoms with Crippen LogP contribution in [-0.4, -0.2) is 37.5 Å². The summed E-state index contributed by atoms with van der Waals surface area (Å²) in [6, 6.07) is 3.02. The van der Waals surface area contributed by atoms with Gasteiger partial charge in [0.2, 0.25) is 0 Å². The van der Waals surface area contributed by atoms with E-state index in [4.69, 9.17) is 19.3 Å². The minimum atomic E-state index is -1.65. The third-order valence-corrected chi connectivity index (χ3v) is 2.46. The fourth-order valence-electron chi connectivity index (χ4n) is 1.61. The van der Waals surface area contributed by atoms with Crippen molar-refractivity contribution in [2.75, 3.05) is 21.3 Å². The Labute approximate surface area is 105 Å². The highest BCUT2D eigenvalue weighted by Gasteiger charge is 2.22. The van der Waals surface area contributed by atoms with Crippen LogP contribution in [0.5, 0.6) is 11.5 Å². The number of carbonyl (C=O) groups is 1. The Morgan fingerprint density at radius 3 is 2.28 bits per heavy atom. The molecular formula is C12H16O6. The van der Waals surface area contributed by atoms with E-state index < -0.39 is 12.1 Å². The molecule has 0 radical (unpaired) electrons. The average Bonchev–Trinajstić information content (AvgIpc) is 2.37. The van der Waals surface area contributed by atoms with Crippen LogP contribution in [-0.2, 0) is 16.1 Å². The molecule has 100 valence electrons. The number of aliphatic hydroxyl groups is 1. The zero-order valence-electron chi connectivity index (χ0n) is 10.5. The van der Waals surface area contributed by atoms with Gasteiger partial charge in [0.25, 0.3) is 0 Å². The molecule has 0 saturated carbocycles. The number of methoxy groups -OCH3 is 3. The van der Waals surface area contributed by atoms with Crippen LogP contribution < -0.4 is 9.47 Å². The molecule has 1 aromatic rings. The van der Waals surface area contributed by atoms with Gasteiger partial charge in [-0.25, -0.2) is 4.79 Å². The minimum absolute atomic E-state index is 0.165. The summed E-state index contributed by atoms with van der Waals surface area (Å²) in [5.41, 5.74) is 0.800. The van der Waals surface area contributed by atoms with Gasteiger partial charge in [-0.2, -0.15) is 0 Å². The predicted molar refractivity (Wildman–Crippen MR) is 62.9 cm³/mol. The van der Waals surface area contributed by atoms with E-state index in [9.17, 15) is 9.90 Å². The molecule has 0 fully saturated rings. The van der Waals surface area contributed by atoms with Crippen molar-refractivity contribution < 1.29 is 29.2 Å². The van der Waals surface area contributed by atoms with Crippen LogP contribution in [0.4, 0.5) is 0 Å². The largest absolute Gasteiger partial charge is 0.496 e. The van der Waals surface area contributed by atoms with Crippen LogP contribution in [0.15, 0.2) is 12.1 Å².